The van der Waals surface area contributed by atoms with Crippen LogP contribution in [0.2, 0.25) is 0 Å². The molecule has 1 aromatic heterocycles. The van der Waals surface area contributed by atoms with Crippen LogP contribution in [0.25, 0.3) is 11.1 Å². The number of ether oxygens (including phenoxy) is 1. The predicted molar refractivity (Wildman–Crippen MR) is 71.4 cm³/mol. The minimum Gasteiger partial charge on any atom is -0.423 e. The highest BCUT2D eigenvalue weighted by Crippen LogP contribution is 2.39. The molecule has 2 aliphatic heterocycles. The van der Waals surface area contributed by atoms with E-state index in [0.29, 0.717) is 17.1 Å². The number of benzene rings is 1. The maximum Gasteiger partial charge on any atom is 0.298 e. The van der Waals surface area contributed by atoms with E-state index in [-0.39, 0.29) is 11.0 Å². The van der Waals surface area contributed by atoms with Crippen LogP contribution in [0.4, 0.5) is 6.01 Å². The zero-order chi connectivity index (χ0) is 13.7. The van der Waals surface area contributed by atoms with Gasteiger partial charge in [0.2, 0.25) is 0 Å². The van der Waals surface area contributed by atoms with Crippen molar-refractivity contribution in [1.29, 1.82) is 0 Å². The van der Waals surface area contributed by atoms with Gasteiger partial charge < -0.3 is 19.8 Å². The number of fused-ring (bicyclic) bond motifs is 1. The van der Waals surface area contributed by atoms with Crippen molar-refractivity contribution in [1.82, 2.24) is 4.98 Å². The second kappa shape index (κ2) is 3.96. The van der Waals surface area contributed by atoms with Crippen LogP contribution in [0.15, 0.2) is 16.5 Å². The standard InChI is InChI=1S/C14H14N3O3/c15-12(18)9-2-1-3-10-11(9)16-13(20-10)17-5-4-14(6-17)7-19-8-14/h1,3H,4-8H2,(H2,15,18). The first-order valence-electron chi connectivity index (χ1n) is 6.61. The van der Waals surface area contributed by atoms with Gasteiger partial charge in [-0.1, -0.05) is 0 Å². The highest BCUT2D eigenvalue weighted by atomic mass is 16.5. The molecule has 6 nitrogen and oxygen atoms in total. The van der Waals surface area contributed by atoms with Gasteiger partial charge in [0.25, 0.3) is 11.9 Å². The third-order valence-corrected chi connectivity index (χ3v) is 4.11. The summed E-state index contributed by atoms with van der Waals surface area (Å²) in [6.45, 7) is 3.40. The molecule has 0 atom stereocenters. The fourth-order valence-corrected chi connectivity index (χ4v) is 2.93. The molecule has 3 heterocycles. The fourth-order valence-electron chi connectivity index (χ4n) is 2.93. The Hall–Kier alpha value is -2.08. The van der Waals surface area contributed by atoms with E-state index in [1.54, 1.807) is 12.1 Å². The number of nitrogens with two attached hydrogens (primary N) is 1. The lowest BCUT2D eigenvalue weighted by Crippen LogP contribution is -2.44. The van der Waals surface area contributed by atoms with E-state index in [9.17, 15) is 4.79 Å². The van der Waals surface area contributed by atoms with E-state index in [1.165, 1.54) is 0 Å². The van der Waals surface area contributed by atoms with E-state index in [1.807, 2.05) is 0 Å². The molecule has 0 bridgehead atoms. The number of carbonyl (C=O) groups is 1. The Morgan fingerprint density at radius 3 is 3.00 bits per heavy atom. The summed E-state index contributed by atoms with van der Waals surface area (Å²) < 4.78 is 11.1. The number of rotatable bonds is 2. The summed E-state index contributed by atoms with van der Waals surface area (Å²) in [6.07, 6.45) is 1.08. The molecule has 1 radical (unpaired) electrons. The number of nitrogens with zero attached hydrogens (tertiary/aromatic N) is 2. The van der Waals surface area contributed by atoms with Crippen LogP contribution in [-0.2, 0) is 4.74 Å². The minimum absolute atomic E-state index is 0.263. The number of anilines is 1. The van der Waals surface area contributed by atoms with Gasteiger partial charge in [-0.05, 0) is 24.6 Å². The van der Waals surface area contributed by atoms with Crippen molar-refractivity contribution in [2.45, 2.75) is 6.42 Å². The van der Waals surface area contributed by atoms with E-state index >= 15 is 0 Å². The highest BCUT2D eigenvalue weighted by Gasteiger charge is 2.45. The molecule has 1 amide bonds. The maximum absolute atomic E-state index is 11.4. The number of carbonyl (C=O) groups excluding carboxylic acids is 1. The van der Waals surface area contributed by atoms with E-state index in [0.717, 1.165) is 32.7 Å². The molecule has 0 aliphatic carbocycles. The van der Waals surface area contributed by atoms with Crippen molar-refractivity contribution in [3.05, 3.63) is 23.8 Å². The summed E-state index contributed by atoms with van der Waals surface area (Å²) in [7, 11) is 0. The van der Waals surface area contributed by atoms with Gasteiger partial charge in [0, 0.05) is 18.5 Å². The number of aromatic nitrogens is 1. The van der Waals surface area contributed by atoms with Crippen LogP contribution in [0.1, 0.15) is 16.8 Å². The van der Waals surface area contributed by atoms with Gasteiger partial charge in [0.05, 0.1) is 18.8 Å². The molecule has 2 aliphatic rings. The third-order valence-electron chi connectivity index (χ3n) is 4.11. The first kappa shape index (κ1) is 11.7. The molecule has 20 heavy (non-hydrogen) atoms. The molecule has 1 spiro atoms. The Balaban J connectivity index is 1.71. The van der Waals surface area contributed by atoms with Crippen LogP contribution >= 0.6 is 0 Å². The number of oxazole rings is 1. The van der Waals surface area contributed by atoms with Gasteiger partial charge in [0.15, 0.2) is 5.58 Å². The summed E-state index contributed by atoms with van der Waals surface area (Å²) in [4.78, 5) is 17.9. The summed E-state index contributed by atoms with van der Waals surface area (Å²) in [5.74, 6) is -0.541. The highest BCUT2D eigenvalue weighted by molar-refractivity contribution is 6.03. The van der Waals surface area contributed by atoms with Crippen LogP contribution in [0.5, 0.6) is 0 Å². The monoisotopic (exact) mass is 272 g/mol. The normalized spacial score (nSPS) is 20.5. The second-order valence-corrected chi connectivity index (χ2v) is 5.59. The van der Waals surface area contributed by atoms with Crippen LogP contribution in [0, 0.1) is 11.5 Å². The van der Waals surface area contributed by atoms with Crippen LogP contribution in [0.3, 0.4) is 0 Å². The Morgan fingerprint density at radius 1 is 1.50 bits per heavy atom. The van der Waals surface area contributed by atoms with Crippen molar-refractivity contribution < 1.29 is 13.9 Å². The largest absolute Gasteiger partial charge is 0.423 e. The fraction of sp³-hybridized carbons (Fsp3) is 0.429. The molecule has 103 valence electrons. The van der Waals surface area contributed by atoms with Gasteiger partial charge >= 0.3 is 0 Å². The molecule has 2 fully saturated rings. The second-order valence-electron chi connectivity index (χ2n) is 5.59. The molecular weight excluding hydrogens is 258 g/mol. The molecule has 0 unspecified atom stereocenters. The van der Waals surface area contributed by atoms with Crippen molar-refractivity contribution in [2.24, 2.45) is 11.1 Å². The van der Waals surface area contributed by atoms with Crippen molar-refractivity contribution in [2.75, 3.05) is 31.2 Å². The van der Waals surface area contributed by atoms with Gasteiger partial charge in [-0.15, -0.1) is 0 Å². The quantitative estimate of drug-likeness (QED) is 0.880. The Labute approximate surface area is 115 Å². The van der Waals surface area contributed by atoms with Crippen molar-refractivity contribution >= 4 is 23.0 Å². The average molecular weight is 272 g/mol. The lowest BCUT2D eigenvalue weighted by molar-refractivity contribution is -0.0986. The smallest absolute Gasteiger partial charge is 0.298 e. The molecule has 6 heteroatoms. The van der Waals surface area contributed by atoms with Crippen LogP contribution in [-0.4, -0.2) is 37.2 Å². The Bertz CT molecular complexity index is 690. The van der Waals surface area contributed by atoms with Gasteiger partial charge in [0.1, 0.15) is 5.52 Å². The van der Waals surface area contributed by atoms with Crippen LogP contribution < -0.4 is 10.6 Å². The minimum atomic E-state index is -0.541. The lowest BCUT2D eigenvalue weighted by Gasteiger charge is -2.37. The molecule has 2 saturated heterocycles. The number of amides is 1. The molecule has 2 aromatic rings. The van der Waals surface area contributed by atoms with E-state index in [4.69, 9.17) is 14.9 Å². The summed E-state index contributed by atoms with van der Waals surface area (Å²) in [5.41, 5.74) is 6.93. The van der Waals surface area contributed by atoms with Gasteiger partial charge in [-0.25, -0.2) is 0 Å². The zero-order valence-electron chi connectivity index (χ0n) is 10.9. The number of hydrogen-bond donors (Lipinski definition) is 1. The summed E-state index contributed by atoms with van der Waals surface area (Å²) in [6, 6.07) is 6.74. The van der Waals surface area contributed by atoms with Crippen molar-refractivity contribution in [3.8, 4) is 0 Å². The first-order valence-corrected chi connectivity index (χ1v) is 6.61. The molecule has 1 aromatic carbocycles. The topological polar surface area (TPSA) is 81.6 Å². The third kappa shape index (κ3) is 1.61. The lowest BCUT2D eigenvalue weighted by atomic mass is 9.85. The van der Waals surface area contributed by atoms with E-state index in [2.05, 4.69) is 16.0 Å². The van der Waals surface area contributed by atoms with Gasteiger partial charge in [-0.3, -0.25) is 4.79 Å². The predicted octanol–water partition coefficient (Wildman–Crippen LogP) is 0.954. The average Bonchev–Trinajstić information content (AvgIpc) is 3.01. The maximum atomic E-state index is 11.4. The molecule has 2 N–H and O–H groups in total. The summed E-state index contributed by atoms with van der Waals surface area (Å²) >= 11 is 0. The molecule has 4 rings (SSSR count). The number of hydrogen-bond acceptors (Lipinski definition) is 5. The number of primary amides is 1. The SMILES string of the molecule is NC(=O)c1[c]ccc2oc(N3CCC4(COC4)C3)nc12. The molecular formula is C14H14N3O3. The zero-order valence-corrected chi connectivity index (χ0v) is 10.9. The Kier molecular flexibility index (Phi) is 2.32. The summed E-state index contributed by atoms with van der Waals surface area (Å²) in [5, 5.41) is 0. The Morgan fingerprint density at radius 2 is 2.35 bits per heavy atom. The molecule has 0 saturated carbocycles. The first-order chi connectivity index (χ1) is 9.67. The van der Waals surface area contributed by atoms with E-state index < -0.39 is 5.91 Å². The van der Waals surface area contributed by atoms with Crippen molar-refractivity contribution in [3.63, 3.8) is 0 Å². The van der Waals surface area contributed by atoms with Gasteiger partial charge in [-0.2, -0.15) is 4.98 Å².